The molecule has 3 amide bonds. The van der Waals surface area contributed by atoms with Crippen molar-refractivity contribution in [2.45, 2.75) is 37.7 Å². The summed E-state index contributed by atoms with van der Waals surface area (Å²) >= 11 is 0. The van der Waals surface area contributed by atoms with Crippen molar-refractivity contribution in [1.29, 1.82) is 0 Å². The fourth-order valence-electron chi connectivity index (χ4n) is 2.69. The lowest BCUT2D eigenvalue weighted by Crippen LogP contribution is -2.37. The van der Waals surface area contributed by atoms with Crippen molar-refractivity contribution in [3.05, 3.63) is 60.2 Å². The van der Waals surface area contributed by atoms with Crippen molar-refractivity contribution in [3.63, 3.8) is 0 Å². The molecule has 11 heteroatoms. The number of carbonyl (C=O) groups excluding carboxylic acids is 3. The van der Waals surface area contributed by atoms with Crippen LogP contribution in [0.15, 0.2) is 59.5 Å². The molecule has 2 rings (SSSR count). The number of hydrogen-bond donors (Lipinski definition) is 4. The molecule has 10 nitrogen and oxygen atoms in total. The van der Waals surface area contributed by atoms with Crippen LogP contribution in [0, 0.1) is 0 Å². The van der Waals surface area contributed by atoms with E-state index in [9.17, 15) is 22.8 Å². The number of benzene rings is 2. The highest BCUT2D eigenvalue weighted by atomic mass is 32.2. The Morgan fingerprint density at radius 2 is 1.59 bits per heavy atom. The minimum absolute atomic E-state index is 0.0180. The largest absolute Gasteiger partial charge is 0.444 e. The number of carbonyl (C=O) groups is 3. The van der Waals surface area contributed by atoms with Gasteiger partial charge in [0.25, 0.3) is 5.91 Å². The SMILES string of the molecule is CC(C)(C)OC(=O)NCCNS(=O)(=O)c1cccc(NC(=O)CCNC(=O)c2ccccc2)c1. The van der Waals surface area contributed by atoms with E-state index in [1.165, 1.54) is 18.2 Å². The zero-order valence-corrected chi connectivity index (χ0v) is 20.2. The maximum absolute atomic E-state index is 12.5. The number of sulfonamides is 1. The molecule has 2 aromatic carbocycles. The van der Waals surface area contributed by atoms with Crippen LogP contribution in [0.4, 0.5) is 10.5 Å². The number of alkyl carbamates (subject to hydrolysis) is 1. The number of nitrogens with one attached hydrogen (secondary N) is 4. The molecule has 0 unspecified atom stereocenters. The number of amides is 3. The van der Waals surface area contributed by atoms with E-state index in [2.05, 4.69) is 20.7 Å². The average molecular weight is 491 g/mol. The van der Waals surface area contributed by atoms with Gasteiger partial charge in [-0.1, -0.05) is 24.3 Å². The van der Waals surface area contributed by atoms with Crippen molar-refractivity contribution in [2.75, 3.05) is 25.0 Å². The highest BCUT2D eigenvalue weighted by Gasteiger charge is 2.17. The Morgan fingerprint density at radius 1 is 0.882 bits per heavy atom. The van der Waals surface area contributed by atoms with Crippen molar-refractivity contribution in [3.8, 4) is 0 Å². The summed E-state index contributed by atoms with van der Waals surface area (Å²) in [5, 5.41) is 7.74. The van der Waals surface area contributed by atoms with Gasteiger partial charge in [0.05, 0.1) is 4.90 Å². The van der Waals surface area contributed by atoms with Gasteiger partial charge in [0.2, 0.25) is 15.9 Å². The first kappa shape index (κ1) is 26.8. The highest BCUT2D eigenvalue weighted by Crippen LogP contribution is 2.15. The minimum atomic E-state index is -3.86. The third-order valence-electron chi connectivity index (χ3n) is 4.19. The van der Waals surface area contributed by atoms with Crippen LogP contribution < -0.4 is 20.7 Å². The third kappa shape index (κ3) is 9.59. The fraction of sp³-hybridized carbons (Fsp3) is 0.348. The Balaban J connectivity index is 1.80. The molecule has 2 aromatic rings. The summed E-state index contributed by atoms with van der Waals surface area (Å²) < 4.78 is 32.5. The predicted molar refractivity (Wildman–Crippen MR) is 128 cm³/mol. The van der Waals surface area contributed by atoms with Gasteiger partial charge in [-0.05, 0) is 51.1 Å². The monoisotopic (exact) mass is 490 g/mol. The first-order chi connectivity index (χ1) is 16.0. The molecular formula is C23H30N4O6S. The highest BCUT2D eigenvalue weighted by molar-refractivity contribution is 7.89. The van der Waals surface area contributed by atoms with Crippen molar-refractivity contribution in [1.82, 2.24) is 15.4 Å². The zero-order chi connectivity index (χ0) is 25.2. The minimum Gasteiger partial charge on any atom is -0.444 e. The van der Waals surface area contributed by atoms with Gasteiger partial charge in [-0.15, -0.1) is 0 Å². The summed E-state index contributed by atoms with van der Waals surface area (Å²) in [6, 6.07) is 14.4. The van der Waals surface area contributed by atoms with Gasteiger partial charge in [-0.3, -0.25) is 9.59 Å². The van der Waals surface area contributed by atoms with Gasteiger partial charge in [0, 0.05) is 37.3 Å². The normalized spacial score (nSPS) is 11.4. The molecular weight excluding hydrogens is 460 g/mol. The molecule has 0 aliphatic heterocycles. The molecule has 0 saturated heterocycles. The summed E-state index contributed by atoms with van der Waals surface area (Å²) in [4.78, 5) is 35.8. The lowest BCUT2D eigenvalue weighted by atomic mass is 10.2. The molecule has 4 N–H and O–H groups in total. The van der Waals surface area contributed by atoms with Crippen LogP contribution in [-0.2, 0) is 19.6 Å². The van der Waals surface area contributed by atoms with E-state index < -0.39 is 21.7 Å². The van der Waals surface area contributed by atoms with Gasteiger partial charge in [0.1, 0.15) is 5.60 Å². The molecule has 0 spiro atoms. The molecule has 0 fully saturated rings. The van der Waals surface area contributed by atoms with Crippen molar-refractivity contribution < 1.29 is 27.5 Å². The molecule has 0 aromatic heterocycles. The Bertz CT molecular complexity index is 1100. The van der Waals surface area contributed by atoms with Crippen LogP contribution in [-0.4, -0.2) is 51.6 Å². The van der Waals surface area contributed by atoms with Crippen LogP contribution >= 0.6 is 0 Å². The van der Waals surface area contributed by atoms with E-state index in [4.69, 9.17) is 4.74 Å². The Hall–Kier alpha value is -3.44. The standard InChI is InChI=1S/C23H30N4O6S/c1-23(2,3)33-22(30)25-14-15-26-34(31,32)19-11-7-10-18(16-19)27-20(28)12-13-24-21(29)17-8-5-4-6-9-17/h4-11,16,26H,12-15H2,1-3H3,(H,24,29)(H,25,30)(H,27,28). The second-order valence-corrected chi connectivity index (χ2v) is 10.0. The van der Waals surface area contributed by atoms with Crippen LogP contribution in [0.25, 0.3) is 0 Å². The number of hydrogen-bond acceptors (Lipinski definition) is 6. The van der Waals surface area contributed by atoms with E-state index in [0.29, 0.717) is 11.3 Å². The van der Waals surface area contributed by atoms with Crippen LogP contribution in [0.2, 0.25) is 0 Å². The second-order valence-electron chi connectivity index (χ2n) is 8.27. The first-order valence-corrected chi connectivity index (χ1v) is 12.1. The number of ether oxygens (including phenoxy) is 1. The topological polar surface area (TPSA) is 143 Å². The molecule has 0 atom stereocenters. The maximum atomic E-state index is 12.5. The Labute approximate surface area is 199 Å². The summed E-state index contributed by atoms with van der Waals surface area (Å²) in [6.07, 6.45) is -0.624. The molecule has 0 bridgehead atoms. The Morgan fingerprint density at radius 3 is 2.26 bits per heavy atom. The molecule has 34 heavy (non-hydrogen) atoms. The third-order valence-corrected chi connectivity index (χ3v) is 5.65. The van der Waals surface area contributed by atoms with Crippen molar-refractivity contribution in [2.24, 2.45) is 0 Å². The van der Waals surface area contributed by atoms with Crippen molar-refractivity contribution >= 4 is 33.6 Å². The smallest absolute Gasteiger partial charge is 0.407 e. The van der Waals surface area contributed by atoms with E-state index in [1.54, 1.807) is 57.2 Å². The maximum Gasteiger partial charge on any atom is 0.407 e. The summed E-state index contributed by atoms with van der Waals surface area (Å²) in [5.41, 5.74) is 0.144. The summed E-state index contributed by atoms with van der Waals surface area (Å²) in [7, 11) is -3.86. The summed E-state index contributed by atoms with van der Waals surface area (Å²) in [6.45, 7) is 5.30. The van der Waals surface area contributed by atoms with E-state index in [0.717, 1.165) is 0 Å². The quantitative estimate of drug-likeness (QED) is 0.376. The zero-order valence-electron chi connectivity index (χ0n) is 19.4. The first-order valence-electron chi connectivity index (χ1n) is 10.7. The van der Waals surface area contributed by atoms with E-state index >= 15 is 0 Å². The van der Waals surface area contributed by atoms with Crippen LogP contribution in [0.1, 0.15) is 37.6 Å². The van der Waals surface area contributed by atoms with E-state index in [1.807, 2.05) is 0 Å². The fourth-order valence-corrected chi connectivity index (χ4v) is 3.77. The second kappa shape index (κ2) is 12.1. The van der Waals surface area contributed by atoms with E-state index in [-0.39, 0.29) is 42.8 Å². The van der Waals surface area contributed by atoms with Gasteiger partial charge < -0.3 is 20.7 Å². The molecule has 0 aliphatic carbocycles. The lowest BCUT2D eigenvalue weighted by Gasteiger charge is -2.19. The number of rotatable bonds is 10. The van der Waals surface area contributed by atoms with Gasteiger partial charge in [-0.2, -0.15) is 0 Å². The van der Waals surface area contributed by atoms with Crippen LogP contribution in [0.3, 0.4) is 0 Å². The molecule has 0 heterocycles. The van der Waals surface area contributed by atoms with Gasteiger partial charge >= 0.3 is 6.09 Å². The number of anilines is 1. The molecule has 0 saturated carbocycles. The molecule has 0 aliphatic rings. The van der Waals surface area contributed by atoms with Gasteiger partial charge in [-0.25, -0.2) is 17.9 Å². The lowest BCUT2D eigenvalue weighted by molar-refractivity contribution is -0.116. The van der Waals surface area contributed by atoms with Crippen LogP contribution in [0.5, 0.6) is 0 Å². The molecule has 184 valence electrons. The van der Waals surface area contributed by atoms with Gasteiger partial charge in [0.15, 0.2) is 0 Å². The average Bonchev–Trinajstić information content (AvgIpc) is 2.76. The molecule has 0 radical (unpaired) electrons. The Kier molecular flexibility index (Phi) is 9.58. The predicted octanol–water partition coefficient (Wildman–Crippen LogP) is 2.25. The summed E-state index contributed by atoms with van der Waals surface area (Å²) in [5.74, 6) is -0.661.